The van der Waals surface area contributed by atoms with Gasteiger partial charge in [0.15, 0.2) is 5.65 Å². The summed E-state index contributed by atoms with van der Waals surface area (Å²) in [5, 5.41) is 14.2. The van der Waals surface area contributed by atoms with Crippen LogP contribution in [0.5, 0.6) is 0 Å². The minimum Gasteiger partial charge on any atom is -0.347 e. The van der Waals surface area contributed by atoms with E-state index in [0.717, 1.165) is 37.2 Å². The zero-order valence-corrected chi connectivity index (χ0v) is 21.6. The Morgan fingerprint density at radius 1 is 1.13 bits per heavy atom. The van der Waals surface area contributed by atoms with Gasteiger partial charge in [0.2, 0.25) is 0 Å². The van der Waals surface area contributed by atoms with E-state index in [-0.39, 0.29) is 34.8 Å². The van der Waals surface area contributed by atoms with Crippen LogP contribution >= 0.6 is 0 Å². The number of nitriles is 1. The summed E-state index contributed by atoms with van der Waals surface area (Å²) in [6.07, 6.45) is 3.72. The fourth-order valence-electron chi connectivity index (χ4n) is 5.88. The first kappa shape index (κ1) is 24.2. The Morgan fingerprint density at radius 2 is 1.87 bits per heavy atom. The Balaban J connectivity index is 1.74. The van der Waals surface area contributed by atoms with Gasteiger partial charge in [-0.25, -0.2) is 18.7 Å². The third kappa shape index (κ3) is 3.75. The van der Waals surface area contributed by atoms with Crippen LogP contribution < -0.4 is 15.9 Å². The summed E-state index contributed by atoms with van der Waals surface area (Å²) in [7, 11) is 0. The fourth-order valence-corrected chi connectivity index (χ4v) is 5.88. The van der Waals surface area contributed by atoms with Crippen LogP contribution in [0, 0.1) is 24.1 Å². The van der Waals surface area contributed by atoms with Gasteiger partial charge in [-0.2, -0.15) is 10.2 Å². The Labute approximate surface area is 219 Å². The number of hydrogen-bond donors (Lipinski definition) is 1. The number of pyridine rings is 2. The lowest BCUT2D eigenvalue weighted by Crippen LogP contribution is -2.52. The quantitative estimate of drug-likeness (QED) is 0.440. The van der Waals surface area contributed by atoms with Crippen molar-refractivity contribution in [3.8, 4) is 23.0 Å². The number of hydrogen-bond acceptors (Lipinski definition) is 7. The lowest BCUT2D eigenvalue weighted by atomic mass is 10.0. The first-order chi connectivity index (χ1) is 18.4. The molecule has 0 saturated carbocycles. The van der Waals surface area contributed by atoms with Gasteiger partial charge in [0.25, 0.3) is 0 Å². The van der Waals surface area contributed by atoms with Crippen molar-refractivity contribution in [1.29, 1.82) is 5.26 Å². The van der Waals surface area contributed by atoms with E-state index in [9.17, 15) is 14.4 Å². The van der Waals surface area contributed by atoms with Crippen LogP contribution in [0.25, 0.3) is 28.0 Å². The zero-order valence-electron chi connectivity index (χ0n) is 21.6. The first-order valence-corrected chi connectivity index (χ1v) is 13.0. The van der Waals surface area contributed by atoms with Crippen LogP contribution in [0.15, 0.2) is 47.4 Å². The second kappa shape index (κ2) is 9.30. The number of piperazine rings is 1. The standard InChI is InChI=1S/C29H28FN7O/c1-16(2)24-26(17(3)10-11-33-24)37-27-22(12-18(13-31)25(34-27)21-6-4-5-7-23(21)30)28(35-29(37)38)36-19-8-9-20(36)15-32-14-19/h4-7,10-12,16,19-20,32H,8-9,14-15H2,1-3H3. The molecule has 0 spiro atoms. The number of anilines is 1. The van der Waals surface area contributed by atoms with E-state index in [1.807, 2.05) is 26.8 Å². The highest BCUT2D eigenvalue weighted by Crippen LogP contribution is 2.37. The van der Waals surface area contributed by atoms with E-state index >= 15 is 0 Å². The number of halogens is 1. The smallest absolute Gasteiger partial charge is 0.347 e. The molecule has 2 bridgehead atoms. The summed E-state index contributed by atoms with van der Waals surface area (Å²) in [6.45, 7) is 7.56. The lowest BCUT2D eigenvalue weighted by Gasteiger charge is -2.37. The Kier molecular flexibility index (Phi) is 5.92. The molecular formula is C29H28FN7O. The molecular weight excluding hydrogens is 481 g/mol. The molecule has 2 fully saturated rings. The summed E-state index contributed by atoms with van der Waals surface area (Å²) in [6, 6.07) is 12.4. The summed E-state index contributed by atoms with van der Waals surface area (Å²) < 4.78 is 16.4. The number of rotatable bonds is 4. The third-order valence-electron chi connectivity index (χ3n) is 7.65. The second-order valence-electron chi connectivity index (χ2n) is 10.4. The maximum Gasteiger partial charge on any atom is 0.355 e. The molecule has 4 aromatic rings. The number of aryl methyl sites for hydroxylation is 1. The van der Waals surface area contributed by atoms with Gasteiger partial charge in [-0.15, -0.1) is 0 Å². The van der Waals surface area contributed by atoms with Crippen molar-refractivity contribution in [3.63, 3.8) is 0 Å². The van der Waals surface area contributed by atoms with Gasteiger partial charge in [0, 0.05) is 36.9 Å². The highest BCUT2D eigenvalue weighted by atomic mass is 19.1. The van der Waals surface area contributed by atoms with Gasteiger partial charge >= 0.3 is 5.69 Å². The number of nitrogens with one attached hydrogen (secondary N) is 1. The minimum atomic E-state index is -0.486. The van der Waals surface area contributed by atoms with E-state index < -0.39 is 11.5 Å². The van der Waals surface area contributed by atoms with Gasteiger partial charge in [-0.3, -0.25) is 4.98 Å². The van der Waals surface area contributed by atoms with Crippen molar-refractivity contribution in [2.24, 2.45) is 0 Å². The predicted molar refractivity (Wildman–Crippen MR) is 144 cm³/mol. The fraction of sp³-hybridized carbons (Fsp3) is 0.345. The maximum absolute atomic E-state index is 15.0. The van der Waals surface area contributed by atoms with E-state index in [4.69, 9.17) is 4.98 Å². The summed E-state index contributed by atoms with van der Waals surface area (Å²) >= 11 is 0. The molecule has 2 aliphatic rings. The third-order valence-corrected chi connectivity index (χ3v) is 7.65. The van der Waals surface area contributed by atoms with Crippen molar-refractivity contribution in [2.45, 2.75) is 51.6 Å². The van der Waals surface area contributed by atoms with Gasteiger partial charge in [-0.05, 0) is 55.5 Å². The molecule has 192 valence electrons. The van der Waals surface area contributed by atoms with E-state index in [1.165, 1.54) is 10.6 Å². The summed E-state index contributed by atoms with van der Waals surface area (Å²) in [4.78, 5) is 30.2. The van der Waals surface area contributed by atoms with Crippen LogP contribution in [-0.2, 0) is 0 Å². The van der Waals surface area contributed by atoms with E-state index in [0.29, 0.717) is 22.5 Å². The van der Waals surface area contributed by atoms with Crippen LogP contribution in [0.1, 0.15) is 49.4 Å². The molecule has 1 N–H and O–H groups in total. The van der Waals surface area contributed by atoms with Crippen molar-refractivity contribution in [3.05, 3.63) is 75.7 Å². The van der Waals surface area contributed by atoms with Gasteiger partial charge in [-0.1, -0.05) is 26.0 Å². The normalized spacial score (nSPS) is 18.8. The van der Waals surface area contributed by atoms with Crippen molar-refractivity contribution in [1.82, 2.24) is 24.8 Å². The highest BCUT2D eigenvalue weighted by Gasteiger charge is 2.39. The molecule has 2 unspecified atom stereocenters. The number of aromatic nitrogens is 4. The molecule has 9 heteroatoms. The number of benzene rings is 1. The minimum absolute atomic E-state index is 0.0277. The topological polar surface area (TPSA) is 99.7 Å². The molecule has 2 aliphatic heterocycles. The molecule has 2 atom stereocenters. The molecule has 38 heavy (non-hydrogen) atoms. The van der Waals surface area contributed by atoms with Gasteiger partial charge in [0.05, 0.1) is 28.0 Å². The molecule has 3 aromatic heterocycles. The zero-order chi connectivity index (χ0) is 26.6. The first-order valence-electron chi connectivity index (χ1n) is 13.0. The lowest BCUT2D eigenvalue weighted by molar-refractivity contribution is 0.481. The molecule has 6 rings (SSSR count). The number of fused-ring (bicyclic) bond motifs is 3. The van der Waals surface area contributed by atoms with Gasteiger partial charge in [0.1, 0.15) is 17.7 Å². The molecule has 5 heterocycles. The molecule has 0 radical (unpaired) electrons. The van der Waals surface area contributed by atoms with Crippen LogP contribution in [0.2, 0.25) is 0 Å². The average Bonchev–Trinajstić information content (AvgIpc) is 3.15. The van der Waals surface area contributed by atoms with Crippen molar-refractivity contribution >= 4 is 16.9 Å². The highest BCUT2D eigenvalue weighted by molar-refractivity contribution is 5.92. The molecule has 0 aliphatic carbocycles. The maximum atomic E-state index is 15.0. The monoisotopic (exact) mass is 509 g/mol. The average molecular weight is 510 g/mol. The molecule has 1 aromatic carbocycles. The van der Waals surface area contributed by atoms with Gasteiger partial charge < -0.3 is 10.2 Å². The van der Waals surface area contributed by atoms with Crippen LogP contribution in [-0.4, -0.2) is 44.7 Å². The SMILES string of the molecule is Cc1ccnc(C(C)C)c1-n1c(=O)nc(N2C3CCC2CNC3)c2cc(C#N)c(-c3ccccc3F)nc21. The predicted octanol–water partition coefficient (Wildman–Crippen LogP) is 4.23. The Morgan fingerprint density at radius 3 is 2.55 bits per heavy atom. The van der Waals surface area contributed by atoms with Crippen LogP contribution in [0.4, 0.5) is 10.2 Å². The van der Waals surface area contributed by atoms with Crippen LogP contribution in [0.3, 0.4) is 0 Å². The molecule has 2 saturated heterocycles. The summed E-state index contributed by atoms with van der Waals surface area (Å²) in [5.41, 5.74) is 2.71. The molecule has 0 amide bonds. The largest absolute Gasteiger partial charge is 0.355 e. The Hall–Kier alpha value is -4.16. The van der Waals surface area contributed by atoms with Crippen molar-refractivity contribution < 1.29 is 4.39 Å². The second-order valence-corrected chi connectivity index (χ2v) is 10.4. The molecule has 8 nitrogen and oxygen atoms in total. The number of nitrogens with zero attached hydrogens (tertiary/aromatic N) is 6. The summed E-state index contributed by atoms with van der Waals surface area (Å²) in [5.74, 6) is 0.0755. The Bertz CT molecular complexity index is 1660. The van der Waals surface area contributed by atoms with E-state index in [2.05, 4.69) is 26.3 Å². The van der Waals surface area contributed by atoms with E-state index in [1.54, 1.807) is 30.5 Å². The van der Waals surface area contributed by atoms with Crippen molar-refractivity contribution in [2.75, 3.05) is 18.0 Å².